The van der Waals surface area contributed by atoms with Gasteiger partial charge in [-0.25, -0.2) is 0 Å². The number of amides is 2. The number of hydrogen-bond donors (Lipinski definition) is 1. The lowest BCUT2D eigenvalue weighted by Crippen LogP contribution is -2.53. The normalized spacial score (nSPS) is 15.4. The molecule has 0 bridgehead atoms. The van der Waals surface area contributed by atoms with Crippen LogP contribution in [0.3, 0.4) is 0 Å². The molecule has 92 valence electrons. The number of likely N-dealkylation sites (N-methyl/N-ethyl adjacent to an activating group) is 1. The molecule has 2 amide bonds. The van der Waals surface area contributed by atoms with E-state index in [1.165, 1.54) is 4.90 Å². The van der Waals surface area contributed by atoms with Gasteiger partial charge in [-0.3, -0.25) is 9.59 Å². The maximum absolute atomic E-state index is 12.0. The Morgan fingerprint density at radius 3 is 2.31 bits per heavy atom. The molecule has 0 atom stereocenters. The van der Waals surface area contributed by atoms with E-state index in [1.54, 1.807) is 19.0 Å². The number of hydrogen-bond acceptors (Lipinski definition) is 3. The summed E-state index contributed by atoms with van der Waals surface area (Å²) >= 11 is 0. The van der Waals surface area contributed by atoms with Gasteiger partial charge in [0.05, 0.1) is 12.5 Å². The standard InChI is InChI=1S/C11H21N3O2/c1-4-5-14(8-10(15)13(2)3)11(16)9-6-12-7-9/h9,12H,4-8H2,1-3H3. The molecule has 1 fully saturated rings. The summed E-state index contributed by atoms with van der Waals surface area (Å²) in [7, 11) is 3.42. The van der Waals surface area contributed by atoms with Crippen molar-refractivity contribution in [2.24, 2.45) is 5.92 Å². The average molecular weight is 227 g/mol. The van der Waals surface area contributed by atoms with E-state index in [0.717, 1.165) is 19.5 Å². The fraction of sp³-hybridized carbons (Fsp3) is 0.818. The molecule has 0 saturated carbocycles. The Hall–Kier alpha value is -1.10. The van der Waals surface area contributed by atoms with Gasteiger partial charge in [0, 0.05) is 33.7 Å². The molecule has 0 spiro atoms. The largest absolute Gasteiger partial charge is 0.347 e. The first-order chi connectivity index (χ1) is 7.56. The van der Waals surface area contributed by atoms with Crippen molar-refractivity contribution in [2.75, 3.05) is 40.3 Å². The fourth-order valence-electron chi connectivity index (χ4n) is 1.56. The number of carbonyl (C=O) groups is 2. The topological polar surface area (TPSA) is 52.7 Å². The van der Waals surface area contributed by atoms with Crippen molar-refractivity contribution in [3.8, 4) is 0 Å². The van der Waals surface area contributed by atoms with Gasteiger partial charge in [0.1, 0.15) is 0 Å². The molecule has 16 heavy (non-hydrogen) atoms. The van der Waals surface area contributed by atoms with Crippen LogP contribution in [0, 0.1) is 5.92 Å². The molecular weight excluding hydrogens is 206 g/mol. The van der Waals surface area contributed by atoms with Crippen LogP contribution in [0.1, 0.15) is 13.3 Å². The minimum absolute atomic E-state index is 0.0194. The molecule has 5 nitrogen and oxygen atoms in total. The molecule has 0 radical (unpaired) electrons. The van der Waals surface area contributed by atoms with Crippen LogP contribution in [-0.2, 0) is 9.59 Å². The third-order valence-electron chi connectivity index (χ3n) is 2.76. The minimum Gasteiger partial charge on any atom is -0.347 e. The summed E-state index contributed by atoms with van der Waals surface area (Å²) in [5, 5.41) is 3.07. The number of carbonyl (C=O) groups excluding carboxylic acids is 2. The summed E-state index contributed by atoms with van der Waals surface area (Å²) in [6.45, 7) is 4.37. The molecule has 1 heterocycles. The van der Waals surface area contributed by atoms with E-state index >= 15 is 0 Å². The maximum atomic E-state index is 12.0. The SMILES string of the molecule is CCCN(CC(=O)N(C)C)C(=O)C1CNC1. The van der Waals surface area contributed by atoms with E-state index in [-0.39, 0.29) is 24.3 Å². The van der Waals surface area contributed by atoms with E-state index in [9.17, 15) is 9.59 Å². The van der Waals surface area contributed by atoms with Crippen LogP contribution in [0.15, 0.2) is 0 Å². The highest BCUT2D eigenvalue weighted by Crippen LogP contribution is 2.09. The van der Waals surface area contributed by atoms with Gasteiger partial charge in [0.2, 0.25) is 11.8 Å². The van der Waals surface area contributed by atoms with E-state index < -0.39 is 0 Å². The first-order valence-corrected chi connectivity index (χ1v) is 5.76. The van der Waals surface area contributed by atoms with Crippen molar-refractivity contribution in [2.45, 2.75) is 13.3 Å². The van der Waals surface area contributed by atoms with E-state index in [1.807, 2.05) is 6.92 Å². The number of nitrogens with one attached hydrogen (secondary N) is 1. The molecule has 1 N–H and O–H groups in total. The summed E-state index contributed by atoms with van der Waals surface area (Å²) in [5.41, 5.74) is 0. The number of rotatable bonds is 5. The van der Waals surface area contributed by atoms with Crippen molar-refractivity contribution in [1.82, 2.24) is 15.1 Å². The van der Waals surface area contributed by atoms with Crippen LogP contribution in [-0.4, -0.2) is 61.9 Å². The Labute approximate surface area is 96.8 Å². The van der Waals surface area contributed by atoms with E-state index in [0.29, 0.717) is 6.54 Å². The van der Waals surface area contributed by atoms with Crippen LogP contribution < -0.4 is 5.32 Å². The van der Waals surface area contributed by atoms with Crippen molar-refractivity contribution in [3.05, 3.63) is 0 Å². The second kappa shape index (κ2) is 5.84. The lowest BCUT2D eigenvalue weighted by atomic mass is 10.0. The maximum Gasteiger partial charge on any atom is 0.241 e. The highest BCUT2D eigenvalue weighted by atomic mass is 16.2. The Kier molecular flexibility index (Phi) is 4.73. The Bertz CT molecular complexity index is 262. The first-order valence-electron chi connectivity index (χ1n) is 5.76. The monoisotopic (exact) mass is 227 g/mol. The fourth-order valence-corrected chi connectivity index (χ4v) is 1.56. The predicted octanol–water partition coefficient (Wildman–Crippen LogP) is -0.467. The zero-order valence-corrected chi connectivity index (χ0v) is 10.3. The molecule has 0 aromatic heterocycles. The second-order valence-electron chi connectivity index (χ2n) is 4.40. The molecule has 0 unspecified atom stereocenters. The van der Waals surface area contributed by atoms with Crippen molar-refractivity contribution in [3.63, 3.8) is 0 Å². The van der Waals surface area contributed by atoms with E-state index in [2.05, 4.69) is 5.32 Å². The number of nitrogens with zero attached hydrogens (tertiary/aromatic N) is 2. The summed E-state index contributed by atoms with van der Waals surface area (Å²) in [5.74, 6) is 0.159. The van der Waals surface area contributed by atoms with Gasteiger partial charge in [0.15, 0.2) is 0 Å². The third-order valence-corrected chi connectivity index (χ3v) is 2.76. The Balaban J connectivity index is 2.51. The van der Waals surface area contributed by atoms with Crippen LogP contribution in [0.25, 0.3) is 0 Å². The molecule has 5 heteroatoms. The van der Waals surface area contributed by atoms with Gasteiger partial charge in [0.25, 0.3) is 0 Å². The van der Waals surface area contributed by atoms with Gasteiger partial charge in [-0.15, -0.1) is 0 Å². The highest BCUT2D eigenvalue weighted by Gasteiger charge is 2.29. The van der Waals surface area contributed by atoms with Gasteiger partial charge in [-0.2, -0.15) is 0 Å². The van der Waals surface area contributed by atoms with Gasteiger partial charge in [-0.05, 0) is 6.42 Å². The molecule has 0 aromatic carbocycles. The molecule has 0 aromatic rings. The van der Waals surface area contributed by atoms with Crippen molar-refractivity contribution in [1.29, 1.82) is 0 Å². The highest BCUT2D eigenvalue weighted by molar-refractivity contribution is 5.86. The van der Waals surface area contributed by atoms with E-state index in [4.69, 9.17) is 0 Å². The van der Waals surface area contributed by atoms with Crippen LogP contribution >= 0.6 is 0 Å². The summed E-state index contributed by atoms with van der Waals surface area (Å²) in [4.78, 5) is 26.8. The van der Waals surface area contributed by atoms with Crippen molar-refractivity contribution < 1.29 is 9.59 Å². The first kappa shape index (κ1) is 13.0. The third kappa shape index (κ3) is 3.20. The Morgan fingerprint density at radius 1 is 1.31 bits per heavy atom. The molecular formula is C11H21N3O2. The summed E-state index contributed by atoms with van der Waals surface area (Å²) in [6.07, 6.45) is 0.882. The lowest BCUT2D eigenvalue weighted by molar-refractivity contribution is -0.143. The second-order valence-corrected chi connectivity index (χ2v) is 4.40. The van der Waals surface area contributed by atoms with Gasteiger partial charge < -0.3 is 15.1 Å². The van der Waals surface area contributed by atoms with Crippen molar-refractivity contribution >= 4 is 11.8 Å². The summed E-state index contributed by atoms with van der Waals surface area (Å²) in [6, 6.07) is 0. The quantitative estimate of drug-likeness (QED) is 0.691. The lowest BCUT2D eigenvalue weighted by Gasteiger charge is -2.32. The average Bonchev–Trinajstić information content (AvgIpc) is 2.13. The predicted molar refractivity (Wildman–Crippen MR) is 61.9 cm³/mol. The minimum atomic E-state index is -0.0194. The molecule has 0 aliphatic carbocycles. The molecule has 1 saturated heterocycles. The van der Waals surface area contributed by atoms with Crippen LogP contribution in [0.4, 0.5) is 0 Å². The van der Waals surface area contributed by atoms with Crippen LogP contribution in [0.5, 0.6) is 0 Å². The van der Waals surface area contributed by atoms with Gasteiger partial charge >= 0.3 is 0 Å². The zero-order valence-electron chi connectivity index (χ0n) is 10.3. The Morgan fingerprint density at radius 2 is 1.94 bits per heavy atom. The summed E-state index contributed by atoms with van der Waals surface area (Å²) < 4.78 is 0. The zero-order chi connectivity index (χ0) is 12.1. The molecule has 1 aliphatic heterocycles. The smallest absolute Gasteiger partial charge is 0.241 e. The van der Waals surface area contributed by atoms with Crippen LogP contribution in [0.2, 0.25) is 0 Å². The molecule has 1 aliphatic rings. The van der Waals surface area contributed by atoms with Gasteiger partial charge in [-0.1, -0.05) is 6.92 Å². The molecule has 1 rings (SSSR count).